The maximum Gasteiger partial charge on any atom is 0.0593 e. The second kappa shape index (κ2) is 6.46. The van der Waals surface area contributed by atoms with Crippen molar-refractivity contribution in [2.45, 2.75) is 26.3 Å². The van der Waals surface area contributed by atoms with Crippen molar-refractivity contribution in [1.82, 2.24) is 19.6 Å². The summed E-state index contributed by atoms with van der Waals surface area (Å²) in [4.78, 5) is 5.14. The molecule has 0 aliphatic carbocycles. The number of aromatic nitrogens is 2. The molecule has 5 nitrogen and oxygen atoms in total. The second-order valence-corrected chi connectivity index (χ2v) is 6.76. The molecule has 5 heteroatoms. The van der Waals surface area contributed by atoms with Crippen molar-refractivity contribution in [2.75, 3.05) is 45.9 Å². The molecule has 1 atom stereocenters. The molecule has 1 unspecified atom stereocenters. The van der Waals surface area contributed by atoms with Crippen LogP contribution in [0.5, 0.6) is 0 Å². The molecule has 0 N–H and O–H groups in total. The van der Waals surface area contributed by atoms with Crippen LogP contribution in [0.3, 0.4) is 0 Å². The van der Waals surface area contributed by atoms with Crippen LogP contribution in [0.1, 0.15) is 25.3 Å². The Morgan fingerprint density at radius 3 is 2.90 bits per heavy atom. The zero-order valence-electron chi connectivity index (χ0n) is 13.4. The monoisotopic (exact) mass is 292 g/mol. The summed E-state index contributed by atoms with van der Waals surface area (Å²) < 4.78 is 7.83. The normalized spacial score (nSPS) is 28.9. The average Bonchev–Trinajstić information content (AvgIpc) is 2.77. The van der Waals surface area contributed by atoms with Gasteiger partial charge in [-0.15, -0.1) is 0 Å². The van der Waals surface area contributed by atoms with Crippen molar-refractivity contribution in [3.63, 3.8) is 0 Å². The molecule has 118 valence electrons. The zero-order valence-corrected chi connectivity index (χ0v) is 13.4. The summed E-state index contributed by atoms with van der Waals surface area (Å²) in [6.07, 6.45) is 6.70. The van der Waals surface area contributed by atoms with Crippen LogP contribution in [0.4, 0.5) is 0 Å². The molecule has 2 saturated heterocycles. The number of nitrogens with zero attached hydrogens (tertiary/aromatic N) is 4. The number of ether oxygens (including phenoxy) is 1. The highest BCUT2D eigenvalue weighted by Crippen LogP contribution is 2.33. The minimum absolute atomic E-state index is 0.326. The van der Waals surface area contributed by atoms with Gasteiger partial charge in [0, 0.05) is 50.4 Å². The van der Waals surface area contributed by atoms with Gasteiger partial charge in [0.15, 0.2) is 0 Å². The van der Waals surface area contributed by atoms with Crippen LogP contribution >= 0.6 is 0 Å². The fraction of sp³-hybridized carbons (Fsp3) is 0.812. The van der Waals surface area contributed by atoms with Gasteiger partial charge in [0.2, 0.25) is 0 Å². The van der Waals surface area contributed by atoms with Gasteiger partial charge in [0.25, 0.3) is 0 Å². The Balaban J connectivity index is 1.66. The molecule has 0 amide bonds. The van der Waals surface area contributed by atoms with Gasteiger partial charge in [0.1, 0.15) is 0 Å². The number of likely N-dealkylation sites (tertiary alicyclic amines) is 1. The van der Waals surface area contributed by atoms with Crippen LogP contribution in [0.25, 0.3) is 0 Å². The molecular weight excluding hydrogens is 264 g/mol. The SMILES string of the molecule is CCN1CCOCC2(CCCN(Cc3cnn(C)c3)C2)C1. The Labute approximate surface area is 127 Å². The molecule has 1 aromatic rings. The smallest absolute Gasteiger partial charge is 0.0593 e. The Hall–Kier alpha value is -0.910. The lowest BCUT2D eigenvalue weighted by atomic mass is 9.80. The molecule has 1 spiro atoms. The lowest BCUT2D eigenvalue weighted by molar-refractivity contribution is 0.00333. The van der Waals surface area contributed by atoms with Gasteiger partial charge in [0.05, 0.1) is 19.4 Å². The van der Waals surface area contributed by atoms with Crippen molar-refractivity contribution in [3.8, 4) is 0 Å². The highest BCUT2D eigenvalue weighted by atomic mass is 16.5. The highest BCUT2D eigenvalue weighted by Gasteiger charge is 2.38. The van der Waals surface area contributed by atoms with E-state index < -0.39 is 0 Å². The Bertz CT molecular complexity index is 461. The molecule has 2 aliphatic heterocycles. The lowest BCUT2D eigenvalue weighted by Crippen LogP contribution is -2.50. The van der Waals surface area contributed by atoms with Gasteiger partial charge in [-0.05, 0) is 25.9 Å². The highest BCUT2D eigenvalue weighted by molar-refractivity contribution is 5.04. The number of likely N-dealkylation sites (N-methyl/N-ethyl adjacent to an activating group) is 1. The van der Waals surface area contributed by atoms with Crippen LogP contribution in [-0.4, -0.2) is 65.5 Å². The van der Waals surface area contributed by atoms with E-state index in [-0.39, 0.29) is 0 Å². The van der Waals surface area contributed by atoms with Gasteiger partial charge >= 0.3 is 0 Å². The molecule has 1 aromatic heterocycles. The van der Waals surface area contributed by atoms with Gasteiger partial charge in [-0.25, -0.2) is 0 Å². The Morgan fingerprint density at radius 2 is 2.14 bits per heavy atom. The summed E-state index contributed by atoms with van der Waals surface area (Å²) in [5, 5.41) is 4.28. The van der Waals surface area contributed by atoms with Gasteiger partial charge in [-0.3, -0.25) is 9.58 Å². The van der Waals surface area contributed by atoms with E-state index in [0.717, 1.165) is 39.4 Å². The minimum Gasteiger partial charge on any atom is -0.379 e. The first-order valence-corrected chi connectivity index (χ1v) is 8.19. The van der Waals surface area contributed by atoms with Gasteiger partial charge in [-0.1, -0.05) is 6.92 Å². The third kappa shape index (κ3) is 3.65. The minimum atomic E-state index is 0.326. The molecule has 0 bridgehead atoms. The van der Waals surface area contributed by atoms with E-state index in [0.29, 0.717) is 5.41 Å². The molecule has 2 fully saturated rings. The summed E-state index contributed by atoms with van der Waals surface area (Å²) in [5.74, 6) is 0. The number of hydrogen-bond acceptors (Lipinski definition) is 4. The van der Waals surface area contributed by atoms with Gasteiger partial charge < -0.3 is 9.64 Å². The number of hydrogen-bond donors (Lipinski definition) is 0. The van der Waals surface area contributed by atoms with Crippen molar-refractivity contribution >= 4 is 0 Å². The van der Waals surface area contributed by atoms with Crippen molar-refractivity contribution in [2.24, 2.45) is 12.5 Å². The molecule has 0 aromatic carbocycles. The van der Waals surface area contributed by atoms with Crippen molar-refractivity contribution in [3.05, 3.63) is 18.0 Å². The third-order valence-electron chi connectivity index (χ3n) is 4.87. The zero-order chi connectivity index (χ0) is 14.7. The average molecular weight is 292 g/mol. The Morgan fingerprint density at radius 1 is 1.29 bits per heavy atom. The van der Waals surface area contributed by atoms with E-state index in [1.54, 1.807) is 0 Å². The summed E-state index contributed by atoms with van der Waals surface area (Å²) >= 11 is 0. The molecule has 3 rings (SSSR count). The first kappa shape index (κ1) is 15.0. The second-order valence-electron chi connectivity index (χ2n) is 6.76. The first-order chi connectivity index (χ1) is 10.2. The third-order valence-corrected chi connectivity index (χ3v) is 4.87. The standard InChI is InChI=1S/C16H28N4O/c1-3-19-7-8-21-14-16(12-19)5-4-6-20(13-16)11-15-9-17-18(2)10-15/h9-10H,3-8,11-14H2,1-2H3. The maximum atomic E-state index is 5.94. The summed E-state index contributed by atoms with van der Waals surface area (Å²) in [7, 11) is 1.99. The molecule has 0 saturated carbocycles. The predicted octanol–water partition coefficient (Wildman–Crippen LogP) is 1.35. The number of rotatable bonds is 3. The largest absolute Gasteiger partial charge is 0.379 e. The van der Waals surface area contributed by atoms with Crippen LogP contribution in [0.15, 0.2) is 12.4 Å². The Kier molecular flexibility index (Phi) is 4.62. The number of aryl methyl sites for hydroxylation is 1. The van der Waals surface area contributed by atoms with Crippen molar-refractivity contribution in [1.29, 1.82) is 0 Å². The van der Waals surface area contributed by atoms with Crippen LogP contribution in [-0.2, 0) is 18.3 Å². The quantitative estimate of drug-likeness (QED) is 0.842. The maximum absolute atomic E-state index is 5.94. The molecular formula is C16H28N4O. The molecule has 3 heterocycles. The summed E-state index contributed by atoms with van der Waals surface area (Å²) in [6.45, 7) is 10.8. The van der Waals surface area contributed by atoms with E-state index in [4.69, 9.17) is 4.74 Å². The molecule has 0 radical (unpaired) electrons. The molecule has 2 aliphatic rings. The van der Waals surface area contributed by atoms with E-state index in [2.05, 4.69) is 28.0 Å². The fourth-order valence-electron chi connectivity index (χ4n) is 3.85. The van der Waals surface area contributed by atoms with Crippen LogP contribution in [0.2, 0.25) is 0 Å². The van der Waals surface area contributed by atoms with Crippen LogP contribution < -0.4 is 0 Å². The summed E-state index contributed by atoms with van der Waals surface area (Å²) in [6, 6.07) is 0. The van der Waals surface area contributed by atoms with E-state index >= 15 is 0 Å². The first-order valence-electron chi connectivity index (χ1n) is 8.19. The lowest BCUT2D eigenvalue weighted by Gasteiger charge is -2.43. The summed E-state index contributed by atoms with van der Waals surface area (Å²) in [5.41, 5.74) is 1.64. The van der Waals surface area contributed by atoms with Crippen molar-refractivity contribution < 1.29 is 4.74 Å². The predicted molar refractivity (Wildman–Crippen MR) is 83.1 cm³/mol. The van der Waals surface area contributed by atoms with Crippen LogP contribution in [0, 0.1) is 5.41 Å². The molecule has 21 heavy (non-hydrogen) atoms. The van der Waals surface area contributed by atoms with E-state index in [1.165, 1.54) is 31.5 Å². The van der Waals surface area contributed by atoms with E-state index in [1.807, 2.05) is 17.9 Å². The number of piperidine rings is 1. The fourth-order valence-corrected chi connectivity index (χ4v) is 3.85. The van der Waals surface area contributed by atoms with Gasteiger partial charge in [-0.2, -0.15) is 5.10 Å². The van der Waals surface area contributed by atoms with E-state index in [9.17, 15) is 0 Å². The topological polar surface area (TPSA) is 33.5 Å².